The SMILES string of the molecule is CNS(=O)(=O)c1ccc(Sc2nc(C)c(C)o2)c([N+](=O)[O-])c1. The van der Waals surface area contributed by atoms with Crippen molar-refractivity contribution in [3.8, 4) is 0 Å². The molecule has 1 aromatic heterocycles. The normalized spacial score (nSPS) is 11.6. The number of hydrogen-bond donors (Lipinski definition) is 1. The molecule has 0 aliphatic rings. The number of nitrogens with one attached hydrogen (secondary N) is 1. The van der Waals surface area contributed by atoms with E-state index in [1.807, 2.05) is 0 Å². The van der Waals surface area contributed by atoms with Gasteiger partial charge in [-0.15, -0.1) is 0 Å². The fourth-order valence-electron chi connectivity index (χ4n) is 1.59. The Morgan fingerprint density at radius 3 is 2.55 bits per heavy atom. The summed E-state index contributed by atoms with van der Waals surface area (Å²) in [5, 5.41) is 11.4. The van der Waals surface area contributed by atoms with Crippen LogP contribution < -0.4 is 4.72 Å². The smallest absolute Gasteiger partial charge is 0.284 e. The lowest BCUT2D eigenvalue weighted by Gasteiger charge is -2.04. The Labute approximate surface area is 131 Å². The van der Waals surface area contributed by atoms with E-state index in [4.69, 9.17) is 4.42 Å². The van der Waals surface area contributed by atoms with Gasteiger partial charge in [0.15, 0.2) is 0 Å². The molecule has 0 spiro atoms. The quantitative estimate of drug-likeness (QED) is 0.654. The first-order valence-electron chi connectivity index (χ1n) is 6.08. The summed E-state index contributed by atoms with van der Waals surface area (Å²) in [6, 6.07) is 3.67. The van der Waals surface area contributed by atoms with E-state index in [0.717, 1.165) is 17.8 Å². The van der Waals surface area contributed by atoms with Crippen LogP contribution in [0.4, 0.5) is 5.69 Å². The van der Waals surface area contributed by atoms with Crippen LogP contribution in [0.25, 0.3) is 0 Å². The lowest BCUT2D eigenvalue weighted by atomic mass is 10.3. The third-order valence-corrected chi connectivity index (χ3v) is 5.24. The zero-order valence-electron chi connectivity index (χ0n) is 12.0. The molecule has 0 saturated heterocycles. The summed E-state index contributed by atoms with van der Waals surface area (Å²) in [7, 11) is -2.51. The van der Waals surface area contributed by atoms with Gasteiger partial charge in [0.2, 0.25) is 10.0 Å². The lowest BCUT2D eigenvalue weighted by molar-refractivity contribution is -0.388. The van der Waals surface area contributed by atoms with Crippen molar-refractivity contribution in [3.05, 3.63) is 39.8 Å². The molecule has 0 aliphatic carbocycles. The predicted molar refractivity (Wildman–Crippen MR) is 79.4 cm³/mol. The summed E-state index contributed by atoms with van der Waals surface area (Å²) >= 11 is 0.970. The Kier molecular flexibility index (Phi) is 4.54. The summed E-state index contributed by atoms with van der Waals surface area (Å²) < 4.78 is 30.9. The fraction of sp³-hybridized carbons (Fsp3) is 0.250. The average Bonchev–Trinajstić information content (AvgIpc) is 2.77. The van der Waals surface area contributed by atoms with E-state index in [2.05, 4.69) is 9.71 Å². The molecule has 2 rings (SSSR count). The highest BCUT2D eigenvalue weighted by Crippen LogP contribution is 2.36. The van der Waals surface area contributed by atoms with Crippen LogP contribution in [-0.2, 0) is 10.0 Å². The maximum atomic E-state index is 11.7. The second-order valence-electron chi connectivity index (χ2n) is 4.32. The van der Waals surface area contributed by atoms with Gasteiger partial charge in [0, 0.05) is 6.07 Å². The van der Waals surface area contributed by atoms with Gasteiger partial charge < -0.3 is 4.42 Å². The zero-order chi connectivity index (χ0) is 16.5. The molecule has 0 amide bonds. The highest BCUT2D eigenvalue weighted by Gasteiger charge is 2.22. The Bertz CT molecular complexity index is 810. The van der Waals surface area contributed by atoms with Crippen molar-refractivity contribution >= 4 is 27.5 Å². The summed E-state index contributed by atoms with van der Waals surface area (Å²) in [4.78, 5) is 14.8. The van der Waals surface area contributed by atoms with E-state index >= 15 is 0 Å². The Hall–Kier alpha value is -1.91. The molecular weight excluding hydrogens is 330 g/mol. The van der Waals surface area contributed by atoms with Gasteiger partial charge in [0.25, 0.3) is 10.9 Å². The molecule has 0 atom stereocenters. The minimum atomic E-state index is -3.75. The van der Waals surface area contributed by atoms with Crippen LogP contribution in [0.15, 0.2) is 37.6 Å². The molecular formula is C12H13N3O5S2. The van der Waals surface area contributed by atoms with Gasteiger partial charge in [-0.05, 0) is 44.8 Å². The van der Waals surface area contributed by atoms with Crippen LogP contribution in [0, 0.1) is 24.0 Å². The molecule has 0 radical (unpaired) electrons. The third kappa shape index (κ3) is 3.29. The topological polar surface area (TPSA) is 115 Å². The third-order valence-electron chi connectivity index (χ3n) is 2.91. The number of sulfonamides is 1. The number of benzene rings is 1. The van der Waals surface area contributed by atoms with Crippen LogP contribution in [-0.4, -0.2) is 25.4 Å². The molecule has 0 bridgehead atoms. The fourth-order valence-corrected chi connectivity index (χ4v) is 3.25. The number of oxazole rings is 1. The van der Waals surface area contributed by atoms with E-state index in [-0.39, 0.29) is 20.7 Å². The number of rotatable bonds is 5. The summed E-state index contributed by atoms with van der Waals surface area (Å²) in [5.41, 5.74) is 0.370. The largest absolute Gasteiger partial charge is 0.436 e. The molecule has 8 nitrogen and oxygen atoms in total. The predicted octanol–water partition coefficient (Wildman–Crippen LogP) is 2.26. The van der Waals surface area contributed by atoms with E-state index < -0.39 is 14.9 Å². The van der Waals surface area contributed by atoms with E-state index in [1.165, 1.54) is 19.2 Å². The molecule has 1 heterocycles. The molecule has 1 N–H and O–H groups in total. The molecule has 10 heteroatoms. The van der Waals surface area contributed by atoms with Gasteiger partial charge >= 0.3 is 0 Å². The van der Waals surface area contributed by atoms with Crippen molar-refractivity contribution in [2.45, 2.75) is 28.9 Å². The zero-order valence-corrected chi connectivity index (χ0v) is 13.6. The van der Waals surface area contributed by atoms with Crippen LogP contribution in [0.5, 0.6) is 0 Å². The van der Waals surface area contributed by atoms with E-state index in [1.54, 1.807) is 13.8 Å². The summed E-state index contributed by atoms with van der Waals surface area (Å²) in [6.07, 6.45) is 0. The van der Waals surface area contributed by atoms with Crippen LogP contribution in [0.1, 0.15) is 11.5 Å². The number of nitro benzene ring substituents is 1. The van der Waals surface area contributed by atoms with Crippen molar-refractivity contribution in [1.82, 2.24) is 9.71 Å². The number of aromatic nitrogens is 1. The first kappa shape index (κ1) is 16.5. The van der Waals surface area contributed by atoms with Gasteiger partial charge in [-0.2, -0.15) is 0 Å². The van der Waals surface area contributed by atoms with Crippen LogP contribution in [0.2, 0.25) is 0 Å². The van der Waals surface area contributed by atoms with E-state index in [0.29, 0.717) is 11.5 Å². The number of aryl methyl sites for hydroxylation is 2. The highest BCUT2D eigenvalue weighted by atomic mass is 32.2. The van der Waals surface area contributed by atoms with Crippen molar-refractivity contribution in [2.24, 2.45) is 0 Å². The molecule has 0 aliphatic heterocycles. The molecule has 2 aromatic rings. The summed E-state index contributed by atoms with van der Waals surface area (Å²) in [5.74, 6) is 0.625. The van der Waals surface area contributed by atoms with Crippen LogP contribution in [0.3, 0.4) is 0 Å². The van der Waals surface area contributed by atoms with Gasteiger partial charge in [-0.25, -0.2) is 18.1 Å². The number of nitro groups is 1. The minimum Gasteiger partial charge on any atom is -0.436 e. The van der Waals surface area contributed by atoms with Crippen molar-refractivity contribution in [1.29, 1.82) is 0 Å². The van der Waals surface area contributed by atoms with Gasteiger partial charge in [-0.3, -0.25) is 10.1 Å². The van der Waals surface area contributed by atoms with Crippen LogP contribution >= 0.6 is 11.8 Å². The monoisotopic (exact) mass is 343 g/mol. The molecule has 22 heavy (non-hydrogen) atoms. The molecule has 0 saturated carbocycles. The van der Waals surface area contributed by atoms with Crippen molar-refractivity contribution in [3.63, 3.8) is 0 Å². The Balaban J connectivity index is 2.46. The molecule has 118 valence electrons. The Morgan fingerprint density at radius 1 is 1.36 bits per heavy atom. The Morgan fingerprint density at radius 2 is 2.05 bits per heavy atom. The van der Waals surface area contributed by atoms with Crippen molar-refractivity contribution < 1.29 is 17.8 Å². The molecule has 1 aromatic carbocycles. The number of hydrogen-bond acceptors (Lipinski definition) is 7. The maximum absolute atomic E-state index is 11.7. The van der Waals surface area contributed by atoms with Gasteiger partial charge in [0.1, 0.15) is 5.76 Å². The highest BCUT2D eigenvalue weighted by molar-refractivity contribution is 7.99. The standard InChI is InChI=1S/C12H13N3O5S2/c1-7-8(2)20-12(14-7)21-11-5-4-9(22(18,19)13-3)6-10(11)15(16)17/h4-6,13H,1-3H3. The number of nitrogens with zero attached hydrogens (tertiary/aromatic N) is 2. The minimum absolute atomic E-state index is 0.175. The van der Waals surface area contributed by atoms with Crippen molar-refractivity contribution in [2.75, 3.05) is 7.05 Å². The first-order valence-corrected chi connectivity index (χ1v) is 8.38. The molecule has 0 unspecified atom stereocenters. The maximum Gasteiger partial charge on any atom is 0.284 e. The van der Waals surface area contributed by atoms with E-state index in [9.17, 15) is 18.5 Å². The average molecular weight is 343 g/mol. The lowest BCUT2D eigenvalue weighted by Crippen LogP contribution is -2.18. The second-order valence-corrected chi connectivity index (χ2v) is 7.20. The summed E-state index contributed by atoms with van der Waals surface area (Å²) in [6.45, 7) is 3.50. The molecule has 0 fully saturated rings. The first-order chi connectivity index (χ1) is 10.2. The van der Waals surface area contributed by atoms with Gasteiger partial charge in [-0.1, -0.05) is 0 Å². The second kappa shape index (κ2) is 6.07. The van der Waals surface area contributed by atoms with Gasteiger partial charge in [0.05, 0.1) is 20.4 Å².